The van der Waals surface area contributed by atoms with Crippen LogP contribution in [0.5, 0.6) is 0 Å². The number of hydrogen-bond donors (Lipinski definition) is 0. The van der Waals surface area contributed by atoms with Crippen LogP contribution in [0.1, 0.15) is 49.3 Å². The van der Waals surface area contributed by atoms with Gasteiger partial charge in [-0.1, -0.05) is 91.0 Å². The number of ether oxygens (including phenoxy) is 5. The Labute approximate surface area is 231 Å². The lowest BCUT2D eigenvalue weighted by molar-refractivity contribution is -0.284. The third kappa shape index (κ3) is 7.14. The Bertz CT molecular complexity index is 1150. The normalized spacial score (nSPS) is 26.8. The van der Waals surface area contributed by atoms with Gasteiger partial charge >= 0.3 is 5.97 Å². The van der Waals surface area contributed by atoms with Gasteiger partial charge < -0.3 is 23.7 Å². The average molecular weight is 531 g/mol. The van der Waals surface area contributed by atoms with E-state index < -0.39 is 30.0 Å². The lowest BCUT2D eigenvalue weighted by Crippen LogP contribution is -2.67. The van der Waals surface area contributed by atoms with Crippen LogP contribution in [0.15, 0.2) is 91.0 Å². The van der Waals surface area contributed by atoms with E-state index in [1.165, 1.54) is 6.92 Å². The molecule has 0 aromatic heterocycles. The minimum atomic E-state index is -0.638. The number of carbonyl (C=O) groups excluding carboxylic acids is 1. The predicted octanol–water partition coefficient (Wildman–Crippen LogP) is 6.02. The molecule has 206 valence electrons. The summed E-state index contributed by atoms with van der Waals surface area (Å²) in [7, 11) is 0. The number of benzene rings is 3. The molecule has 3 aromatic rings. The van der Waals surface area contributed by atoms with Crippen LogP contribution in [0, 0.1) is 0 Å². The van der Waals surface area contributed by atoms with Crippen LogP contribution < -0.4 is 0 Å². The van der Waals surface area contributed by atoms with E-state index in [2.05, 4.69) is 12.1 Å². The summed E-state index contributed by atoms with van der Waals surface area (Å²) in [5.41, 5.74) is 2.53. The van der Waals surface area contributed by atoms with Crippen molar-refractivity contribution < 1.29 is 28.5 Å². The Hall–Kier alpha value is -3.03. The number of esters is 1. The topological polar surface area (TPSA) is 63.2 Å². The van der Waals surface area contributed by atoms with Gasteiger partial charge in [0.2, 0.25) is 0 Å². The van der Waals surface area contributed by atoms with Crippen molar-refractivity contribution in [2.75, 3.05) is 6.61 Å². The van der Waals surface area contributed by atoms with E-state index >= 15 is 0 Å². The van der Waals surface area contributed by atoms with Crippen LogP contribution >= 0.6 is 0 Å². The summed E-state index contributed by atoms with van der Waals surface area (Å²) in [6.07, 6.45) is 1.32. The fourth-order valence-electron chi connectivity index (χ4n) is 5.76. The average Bonchev–Trinajstić information content (AvgIpc) is 2.97. The highest BCUT2D eigenvalue weighted by molar-refractivity contribution is 5.66. The molecule has 0 amide bonds. The first-order chi connectivity index (χ1) is 19.1. The zero-order valence-electron chi connectivity index (χ0n) is 22.6. The summed E-state index contributed by atoms with van der Waals surface area (Å²) < 4.78 is 32.5. The maximum Gasteiger partial charge on any atom is 0.302 e. The number of hydrogen-bond acceptors (Lipinski definition) is 6. The number of rotatable bonds is 10. The van der Waals surface area contributed by atoms with Gasteiger partial charge in [-0.15, -0.1) is 0 Å². The van der Waals surface area contributed by atoms with E-state index in [4.69, 9.17) is 23.7 Å². The summed E-state index contributed by atoms with van der Waals surface area (Å²) in [6.45, 7) is 3.25. The largest absolute Gasteiger partial charge is 0.460 e. The highest BCUT2D eigenvalue weighted by Gasteiger charge is 2.58. The molecule has 0 unspecified atom stereocenters. The van der Waals surface area contributed by atoms with Gasteiger partial charge in [0, 0.05) is 20.0 Å². The Morgan fingerprint density at radius 3 is 1.74 bits per heavy atom. The van der Waals surface area contributed by atoms with Gasteiger partial charge in [0.15, 0.2) is 0 Å². The molecular weight excluding hydrogens is 492 g/mol. The van der Waals surface area contributed by atoms with Gasteiger partial charge in [-0.2, -0.15) is 0 Å². The molecule has 2 fully saturated rings. The molecule has 0 radical (unpaired) electrons. The van der Waals surface area contributed by atoms with Gasteiger partial charge in [-0.25, -0.2) is 0 Å². The molecule has 1 spiro atoms. The molecule has 5 rings (SSSR count). The molecule has 1 aliphatic heterocycles. The van der Waals surface area contributed by atoms with Crippen molar-refractivity contribution in [1.82, 2.24) is 0 Å². The summed E-state index contributed by atoms with van der Waals surface area (Å²) in [5, 5.41) is 0. The zero-order valence-corrected chi connectivity index (χ0v) is 22.6. The van der Waals surface area contributed by atoms with Gasteiger partial charge in [0.05, 0.1) is 19.8 Å². The van der Waals surface area contributed by atoms with Crippen LogP contribution in [0.25, 0.3) is 0 Å². The van der Waals surface area contributed by atoms with Crippen LogP contribution in [-0.4, -0.2) is 42.6 Å². The van der Waals surface area contributed by atoms with Gasteiger partial charge in [0.25, 0.3) is 0 Å². The first kappa shape index (κ1) is 27.5. The van der Waals surface area contributed by atoms with E-state index in [0.717, 1.165) is 36.0 Å². The van der Waals surface area contributed by atoms with E-state index in [1.54, 1.807) is 0 Å². The van der Waals surface area contributed by atoms with E-state index in [0.29, 0.717) is 32.8 Å². The highest BCUT2D eigenvalue weighted by atomic mass is 16.6. The van der Waals surface area contributed by atoms with E-state index in [-0.39, 0.29) is 5.97 Å². The van der Waals surface area contributed by atoms with Crippen molar-refractivity contribution in [3.05, 3.63) is 108 Å². The van der Waals surface area contributed by atoms with Crippen LogP contribution in [0.2, 0.25) is 0 Å². The molecule has 6 heteroatoms. The smallest absolute Gasteiger partial charge is 0.302 e. The van der Waals surface area contributed by atoms with Crippen molar-refractivity contribution in [3.8, 4) is 0 Å². The van der Waals surface area contributed by atoms with Crippen LogP contribution in [-0.2, 0) is 48.3 Å². The molecule has 1 saturated heterocycles. The minimum absolute atomic E-state index is 0.343. The Morgan fingerprint density at radius 2 is 1.26 bits per heavy atom. The summed E-state index contributed by atoms with van der Waals surface area (Å²) in [5.74, 6) is -0.343. The molecule has 5 atom stereocenters. The summed E-state index contributed by atoms with van der Waals surface area (Å²) in [6, 6.07) is 30.2. The molecule has 2 aliphatic rings. The van der Waals surface area contributed by atoms with Crippen molar-refractivity contribution in [2.24, 2.45) is 0 Å². The molecular formula is C33H38O6. The Balaban J connectivity index is 1.48. The summed E-state index contributed by atoms with van der Waals surface area (Å²) in [4.78, 5) is 12.3. The quantitative estimate of drug-likeness (QED) is 0.299. The second-order valence-corrected chi connectivity index (χ2v) is 10.5. The molecule has 0 N–H and O–H groups in total. The minimum Gasteiger partial charge on any atom is -0.460 e. The summed E-state index contributed by atoms with van der Waals surface area (Å²) >= 11 is 0. The molecule has 1 saturated carbocycles. The molecule has 6 nitrogen and oxygen atoms in total. The Kier molecular flexibility index (Phi) is 9.43. The van der Waals surface area contributed by atoms with E-state index in [9.17, 15) is 4.79 Å². The van der Waals surface area contributed by atoms with Crippen LogP contribution in [0.3, 0.4) is 0 Å². The van der Waals surface area contributed by atoms with Gasteiger partial charge in [-0.05, 0) is 36.0 Å². The monoisotopic (exact) mass is 530 g/mol. The standard InChI is InChI=1S/C33H38O6/c1-25(34)39-29-21-33(19-11-12-20-38-33)32(37-24-28-17-9-4-10-18-28)31(36-23-27-15-7-3-8-16-27)30(29)35-22-26-13-5-2-6-14-26/h2-10,13-18,29-32H,11-12,19-24H2,1H3/t29-,30+,31-,32+,33-/m0/s1. The third-order valence-electron chi connectivity index (χ3n) is 7.60. The Morgan fingerprint density at radius 1 is 0.744 bits per heavy atom. The molecule has 39 heavy (non-hydrogen) atoms. The first-order valence-electron chi connectivity index (χ1n) is 13.9. The van der Waals surface area contributed by atoms with Crippen molar-refractivity contribution >= 4 is 5.97 Å². The first-order valence-corrected chi connectivity index (χ1v) is 13.9. The van der Waals surface area contributed by atoms with Crippen molar-refractivity contribution in [2.45, 2.75) is 82.4 Å². The molecule has 1 heterocycles. The van der Waals surface area contributed by atoms with Gasteiger partial charge in [-0.3, -0.25) is 4.79 Å². The fraction of sp³-hybridized carbons (Fsp3) is 0.424. The van der Waals surface area contributed by atoms with Crippen molar-refractivity contribution in [3.63, 3.8) is 0 Å². The van der Waals surface area contributed by atoms with Crippen LogP contribution in [0.4, 0.5) is 0 Å². The third-order valence-corrected chi connectivity index (χ3v) is 7.60. The van der Waals surface area contributed by atoms with E-state index in [1.807, 2.05) is 78.9 Å². The second-order valence-electron chi connectivity index (χ2n) is 10.5. The molecule has 0 bridgehead atoms. The second kappa shape index (κ2) is 13.4. The SMILES string of the molecule is CC(=O)O[C@H]1C[C@@]2(CCCCO2)[C@H](OCc2ccccc2)[C@@H](OCc2ccccc2)[C@@H]1OCc1ccccc1. The van der Waals surface area contributed by atoms with Gasteiger partial charge in [0.1, 0.15) is 30.0 Å². The lowest BCUT2D eigenvalue weighted by Gasteiger charge is -2.53. The number of carbonyl (C=O) groups is 1. The fourth-order valence-corrected chi connectivity index (χ4v) is 5.76. The maximum atomic E-state index is 12.3. The maximum absolute atomic E-state index is 12.3. The molecule has 3 aromatic carbocycles. The highest BCUT2D eigenvalue weighted by Crippen LogP contribution is 2.44. The lowest BCUT2D eigenvalue weighted by atomic mass is 9.73. The molecule has 1 aliphatic carbocycles. The van der Waals surface area contributed by atoms with Crippen molar-refractivity contribution in [1.29, 1.82) is 0 Å². The predicted molar refractivity (Wildman–Crippen MR) is 148 cm³/mol. The zero-order chi connectivity index (χ0) is 26.9.